The first-order valence-electron chi connectivity index (χ1n) is 9.60. The molecule has 0 bridgehead atoms. The molecule has 0 radical (unpaired) electrons. The van der Waals surface area contributed by atoms with Gasteiger partial charge in [0.2, 0.25) is 17.8 Å². The van der Waals surface area contributed by atoms with Crippen LogP contribution in [0.4, 0.5) is 22.6 Å². The molecule has 1 N–H and O–H groups in total. The van der Waals surface area contributed by atoms with Crippen molar-refractivity contribution in [3.05, 3.63) is 0 Å². The van der Waals surface area contributed by atoms with Crippen molar-refractivity contribution in [3.63, 3.8) is 0 Å². The van der Waals surface area contributed by atoms with E-state index in [1.165, 1.54) is 0 Å². The molecule has 27 heavy (non-hydrogen) atoms. The fourth-order valence-electron chi connectivity index (χ4n) is 3.00. The zero-order chi connectivity index (χ0) is 19.2. The maximum absolute atomic E-state index is 12.1. The van der Waals surface area contributed by atoms with E-state index in [9.17, 15) is 4.79 Å². The average Bonchev–Trinajstić information content (AvgIpc) is 2.68. The predicted octanol–water partition coefficient (Wildman–Crippen LogP) is 0.807. The lowest BCUT2D eigenvalue weighted by molar-refractivity contribution is 0.0750. The van der Waals surface area contributed by atoms with E-state index in [4.69, 9.17) is 9.47 Å². The Morgan fingerprint density at radius 3 is 2.19 bits per heavy atom. The summed E-state index contributed by atoms with van der Waals surface area (Å²) in [6.45, 7) is 11.8. The van der Waals surface area contributed by atoms with Gasteiger partial charge in [-0.15, -0.1) is 0 Å². The van der Waals surface area contributed by atoms with Gasteiger partial charge in [-0.25, -0.2) is 4.79 Å². The van der Waals surface area contributed by atoms with Gasteiger partial charge in [0, 0.05) is 45.8 Å². The first-order chi connectivity index (χ1) is 13.1. The largest absolute Gasteiger partial charge is 0.447 e. The predicted molar refractivity (Wildman–Crippen MR) is 102 cm³/mol. The van der Waals surface area contributed by atoms with E-state index in [1.807, 2.05) is 20.8 Å². The van der Waals surface area contributed by atoms with Crippen LogP contribution >= 0.6 is 0 Å². The van der Waals surface area contributed by atoms with Crippen LogP contribution in [0.25, 0.3) is 0 Å². The summed E-state index contributed by atoms with van der Waals surface area (Å²) in [5.41, 5.74) is 0. The minimum absolute atomic E-state index is 0.113. The summed E-state index contributed by atoms with van der Waals surface area (Å²) in [6.07, 6.45) is -0.375. The van der Waals surface area contributed by atoms with Gasteiger partial charge in [0.25, 0.3) is 0 Å². The van der Waals surface area contributed by atoms with Crippen LogP contribution < -0.4 is 15.1 Å². The van der Waals surface area contributed by atoms with Crippen LogP contribution in [0, 0.1) is 0 Å². The van der Waals surface area contributed by atoms with E-state index in [2.05, 4.69) is 30.1 Å². The topological polar surface area (TPSA) is 96.0 Å². The quantitative estimate of drug-likeness (QED) is 0.797. The number of piperazine rings is 1. The highest BCUT2D eigenvalue weighted by atomic mass is 16.6. The van der Waals surface area contributed by atoms with Gasteiger partial charge in [0.1, 0.15) is 0 Å². The Balaban J connectivity index is 1.70. The molecule has 3 heterocycles. The Morgan fingerprint density at radius 1 is 1.04 bits per heavy atom. The van der Waals surface area contributed by atoms with E-state index in [1.54, 1.807) is 4.90 Å². The van der Waals surface area contributed by atoms with Crippen LogP contribution in [-0.2, 0) is 9.47 Å². The van der Waals surface area contributed by atoms with Gasteiger partial charge < -0.3 is 29.5 Å². The smallest absolute Gasteiger partial charge is 0.410 e. The van der Waals surface area contributed by atoms with Crippen molar-refractivity contribution in [2.24, 2.45) is 0 Å². The number of carbonyl (C=O) groups excluding carboxylic acids is 1. The maximum atomic E-state index is 12.1. The minimum atomic E-state index is -0.261. The lowest BCUT2D eigenvalue weighted by atomic mass is 10.3. The van der Waals surface area contributed by atoms with E-state index in [0.29, 0.717) is 57.2 Å². The highest BCUT2D eigenvalue weighted by Crippen LogP contribution is 2.19. The van der Waals surface area contributed by atoms with Gasteiger partial charge >= 0.3 is 6.09 Å². The fourth-order valence-corrected chi connectivity index (χ4v) is 3.00. The number of ether oxygens (including phenoxy) is 2. The lowest BCUT2D eigenvalue weighted by Gasteiger charge is -2.35. The number of hydrogen-bond donors (Lipinski definition) is 1. The molecule has 0 aromatic carbocycles. The third-order valence-corrected chi connectivity index (χ3v) is 4.40. The molecule has 3 rings (SSSR count). The van der Waals surface area contributed by atoms with Gasteiger partial charge in [0.15, 0.2) is 0 Å². The van der Waals surface area contributed by atoms with Crippen LogP contribution in [0.15, 0.2) is 0 Å². The normalized spacial score (nSPS) is 18.0. The molecule has 0 atom stereocenters. The molecule has 0 unspecified atom stereocenters. The Morgan fingerprint density at radius 2 is 1.63 bits per heavy atom. The summed E-state index contributed by atoms with van der Waals surface area (Å²) in [4.78, 5) is 31.8. The number of morpholine rings is 1. The van der Waals surface area contributed by atoms with Gasteiger partial charge in [-0.1, -0.05) is 0 Å². The van der Waals surface area contributed by atoms with Crippen LogP contribution in [0.5, 0.6) is 0 Å². The van der Waals surface area contributed by atoms with Crippen molar-refractivity contribution in [2.45, 2.75) is 26.9 Å². The van der Waals surface area contributed by atoms with Gasteiger partial charge in [-0.05, 0) is 20.8 Å². The van der Waals surface area contributed by atoms with Gasteiger partial charge in [-0.2, -0.15) is 15.0 Å². The van der Waals surface area contributed by atoms with E-state index >= 15 is 0 Å². The monoisotopic (exact) mass is 379 g/mol. The van der Waals surface area contributed by atoms with Gasteiger partial charge in [-0.3, -0.25) is 0 Å². The van der Waals surface area contributed by atoms with Crippen LogP contribution in [0.1, 0.15) is 20.8 Å². The fraction of sp³-hybridized carbons (Fsp3) is 0.765. The summed E-state index contributed by atoms with van der Waals surface area (Å²) in [7, 11) is 0. The first-order valence-corrected chi connectivity index (χ1v) is 9.60. The number of nitrogens with one attached hydrogen (secondary N) is 1. The molecule has 10 heteroatoms. The second kappa shape index (κ2) is 9.03. The summed E-state index contributed by atoms with van der Waals surface area (Å²) in [5, 5.41) is 3.18. The zero-order valence-corrected chi connectivity index (χ0v) is 16.3. The van der Waals surface area contributed by atoms with Crippen molar-refractivity contribution < 1.29 is 14.3 Å². The molecule has 0 spiro atoms. The molecule has 2 aliphatic heterocycles. The zero-order valence-electron chi connectivity index (χ0n) is 16.3. The number of aromatic nitrogens is 3. The summed E-state index contributed by atoms with van der Waals surface area (Å²) < 4.78 is 10.7. The number of hydrogen-bond acceptors (Lipinski definition) is 9. The van der Waals surface area contributed by atoms with E-state index in [-0.39, 0.29) is 12.2 Å². The summed E-state index contributed by atoms with van der Waals surface area (Å²) in [5.74, 6) is 1.88. The molecule has 150 valence electrons. The molecule has 0 saturated carbocycles. The molecule has 10 nitrogen and oxygen atoms in total. The maximum Gasteiger partial charge on any atom is 0.410 e. The summed E-state index contributed by atoms with van der Waals surface area (Å²) in [6, 6.07) is 0. The van der Waals surface area contributed by atoms with Crippen LogP contribution in [0.3, 0.4) is 0 Å². The molecule has 1 aromatic heterocycles. The van der Waals surface area contributed by atoms with Crippen molar-refractivity contribution in [2.75, 3.05) is 74.1 Å². The third-order valence-electron chi connectivity index (χ3n) is 4.40. The van der Waals surface area contributed by atoms with Crippen LogP contribution in [-0.4, -0.2) is 91.1 Å². The number of carbonyl (C=O) groups is 1. The molecule has 2 aliphatic rings. The number of amides is 1. The minimum Gasteiger partial charge on any atom is -0.447 e. The SMILES string of the molecule is CCNc1nc(N2CCOCC2)nc(N2CCN(C(=O)OC(C)C)CC2)n1. The molecular formula is C17H29N7O3. The molecule has 1 amide bonds. The van der Waals surface area contributed by atoms with Crippen molar-refractivity contribution in [3.8, 4) is 0 Å². The van der Waals surface area contributed by atoms with Crippen molar-refractivity contribution in [1.29, 1.82) is 0 Å². The Labute approximate surface area is 159 Å². The Hall–Kier alpha value is -2.36. The number of rotatable bonds is 5. The number of anilines is 3. The standard InChI is InChI=1S/C17H29N7O3/c1-4-18-14-19-15(21-16(20-14)23-9-11-26-12-10-23)22-5-7-24(8-6-22)17(25)27-13(2)3/h13H,4-12H2,1-3H3,(H,18,19,20,21). The highest BCUT2D eigenvalue weighted by Gasteiger charge is 2.26. The molecular weight excluding hydrogens is 350 g/mol. The van der Waals surface area contributed by atoms with Crippen LogP contribution in [0.2, 0.25) is 0 Å². The highest BCUT2D eigenvalue weighted by molar-refractivity contribution is 5.68. The second-order valence-corrected chi connectivity index (χ2v) is 6.80. The van der Waals surface area contributed by atoms with E-state index in [0.717, 1.165) is 19.6 Å². The molecule has 2 fully saturated rings. The van der Waals surface area contributed by atoms with Gasteiger partial charge in [0.05, 0.1) is 19.3 Å². The van der Waals surface area contributed by atoms with Crippen molar-refractivity contribution in [1.82, 2.24) is 19.9 Å². The Kier molecular flexibility index (Phi) is 6.49. The third kappa shape index (κ3) is 5.09. The Bertz CT molecular complexity index is 629. The molecule has 2 saturated heterocycles. The van der Waals surface area contributed by atoms with E-state index < -0.39 is 0 Å². The molecule has 1 aromatic rings. The average molecular weight is 379 g/mol. The first kappa shape index (κ1) is 19.4. The summed E-state index contributed by atoms with van der Waals surface area (Å²) >= 11 is 0. The second-order valence-electron chi connectivity index (χ2n) is 6.80. The molecule has 0 aliphatic carbocycles. The lowest BCUT2D eigenvalue weighted by Crippen LogP contribution is -2.50. The number of nitrogens with zero attached hydrogens (tertiary/aromatic N) is 6. The van der Waals surface area contributed by atoms with Crippen molar-refractivity contribution >= 4 is 23.9 Å².